The normalized spacial score (nSPS) is 11.4. The van der Waals surface area contributed by atoms with Crippen LogP contribution in [0.5, 0.6) is 0 Å². The van der Waals surface area contributed by atoms with Gasteiger partial charge in [-0.05, 0) is 37.6 Å². The maximum atomic E-state index is 12.1. The van der Waals surface area contributed by atoms with E-state index >= 15 is 0 Å². The third-order valence-corrected chi connectivity index (χ3v) is 3.99. The van der Waals surface area contributed by atoms with Crippen molar-refractivity contribution in [3.05, 3.63) is 40.7 Å². The van der Waals surface area contributed by atoms with E-state index in [0.717, 1.165) is 5.56 Å². The van der Waals surface area contributed by atoms with Crippen molar-refractivity contribution in [1.29, 1.82) is 0 Å². The highest BCUT2D eigenvalue weighted by Crippen LogP contribution is 2.27. The second-order valence-corrected chi connectivity index (χ2v) is 5.72. The van der Waals surface area contributed by atoms with E-state index < -0.39 is 0 Å². The number of carbonyl (C=O) groups excluding carboxylic acids is 2. The van der Waals surface area contributed by atoms with Crippen LogP contribution in [0.1, 0.15) is 32.7 Å². The lowest BCUT2D eigenvalue weighted by atomic mass is 10.2. The molecule has 0 aliphatic rings. The van der Waals surface area contributed by atoms with Crippen LogP contribution < -0.4 is 16.4 Å². The molecule has 0 bridgehead atoms. The number of nitrogens with one attached hydrogen (secondary N) is 2. The van der Waals surface area contributed by atoms with Gasteiger partial charge in [0, 0.05) is 12.6 Å². The largest absolute Gasteiger partial charge is 0.459 e. The van der Waals surface area contributed by atoms with Crippen molar-refractivity contribution in [2.75, 3.05) is 11.9 Å². The molecule has 0 fully saturated rings. The number of nitrogens with two attached hydrogens (primary N) is 1. The van der Waals surface area contributed by atoms with Crippen LogP contribution in [-0.2, 0) is 0 Å². The highest BCUT2D eigenvalue weighted by molar-refractivity contribution is 7.18. The molecule has 2 rings (SSSR count). The Balaban J connectivity index is 0.00000242. The van der Waals surface area contributed by atoms with Gasteiger partial charge >= 0.3 is 0 Å². The van der Waals surface area contributed by atoms with Crippen LogP contribution in [0.4, 0.5) is 5.00 Å². The molecular weight excluding hydrogens is 326 g/mol. The molecule has 1 atom stereocenters. The quantitative estimate of drug-likeness (QED) is 0.776. The van der Waals surface area contributed by atoms with Crippen LogP contribution in [0.25, 0.3) is 0 Å². The lowest BCUT2D eigenvalue weighted by Crippen LogP contribution is -2.37. The molecule has 0 spiro atoms. The predicted molar refractivity (Wildman–Crippen MR) is 88.9 cm³/mol. The van der Waals surface area contributed by atoms with Crippen molar-refractivity contribution in [2.24, 2.45) is 5.73 Å². The molecule has 0 saturated heterocycles. The molecule has 0 saturated carbocycles. The van der Waals surface area contributed by atoms with Crippen LogP contribution in [0.3, 0.4) is 0 Å². The van der Waals surface area contributed by atoms with E-state index in [9.17, 15) is 9.59 Å². The van der Waals surface area contributed by atoms with Crippen molar-refractivity contribution in [3.8, 4) is 0 Å². The number of anilines is 1. The Kier molecular flexibility index (Phi) is 6.61. The first kappa shape index (κ1) is 18.2. The van der Waals surface area contributed by atoms with Gasteiger partial charge in [-0.2, -0.15) is 0 Å². The van der Waals surface area contributed by atoms with Gasteiger partial charge in [-0.1, -0.05) is 0 Å². The minimum atomic E-state index is -0.344. The monoisotopic (exact) mass is 343 g/mol. The fourth-order valence-electron chi connectivity index (χ4n) is 1.70. The zero-order valence-electron chi connectivity index (χ0n) is 12.2. The maximum Gasteiger partial charge on any atom is 0.291 e. The standard InChI is InChI=1S/C14H17N3O3S.ClH/c1-8-6-11(17-13(18)10-4-3-5-20-10)21-12(8)14(19)16-9(2)7-15;/h3-6,9H,7,15H2,1-2H3,(H,16,19)(H,17,18);1H/t9-;/m0./s1. The molecule has 8 heteroatoms. The number of halogens is 1. The summed E-state index contributed by atoms with van der Waals surface area (Å²) >= 11 is 1.22. The molecule has 0 unspecified atom stereocenters. The second-order valence-electron chi connectivity index (χ2n) is 4.66. The number of furan rings is 1. The fraction of sp³-hybridized carbons (Fsp3) is 0.286. The Labute approximate surface area is 138 Å². The summed E-state index contributed by atoms with van der Waals surface area (Å²) < 4.78 is 5.02. The van der Waals surface area contributed by atoms with E-state index in [2.05, 4.69) is 10.6 Å². The van der Waals surface area contributed by atoms with Crippen LogP contribution in [0.2, 0.25) is 0 Å². The van der Waals surface area contributed by atoms with Crippen molar-refractivity contribution in [1.82, 2.24) is 5.32 Å². The van der Waals surface area contributed by atoms with Gasteiger partial charge in [-0.15, -0.1) is 23.7 Å². The fourth-order valence-corrected chi connectivity index (χ4v) is 2.67. The summed E-state index contributed by atoms with van der Waals surface area (Å²) in [6, 6.07) is 4.88. The molecule has 0 aromatic carbocycles. The molecule has 0 aliphatic carbocycles. The second kappa shape index (κ2) is 7.98. The lowest BCUT2D eigenvalue weighted by molar-refractivity contribution is 0.0943. The van der Waals surface area contributed by atoms with Crippen molar-refractivity contribution < 1.29 is 14.0 Å². The molecule has 6 nitrogen and oxygen atoms in total. The van der Waals surface area contributed by atoms with Crippen LogP contribution in [-0.4, -0.2) is 24.4 Å². The summed E-state index contributed by atoms with van der Waals surface area (Å²) in [5.74, 6) is -0.304. The van der Waals surface area contributed by atoms with Gasteiger partial charge in [0.2, 0.25) is 0 Å². The van der Waals surface area contributed by atoms with Gasteiger partial charge in [-0.25, -0.2) is 0 Å². The Hall–Kier alpha value is -1.83. The first-order valence-corrected chi connectivity index (χ1v) is 7.29. The Morgan fingerprint density at radius 2 is 2.14 bits per heavy atom. The first-order chi connectivity index (χ1) is 10.0. The summed E-state index contributed by atoms with van der Waals surface area (Å²) in [7, 11) is 0. The molecule has 0 aliphatic heterocycles. The molecular formula is C14H18ClN3O3S. The summed E-state index contributed by atoms with van der Waals surface area (Å²) in [6.07, 6.45) is 1.43. The number of hydrogen-bond donors (Lipinski definition) is 3. The highest BCUT2D eigenvalue weighted by Gasteiger charge is 2.17. The van der Waals surface area contributed by atoms with Crippen LogP contribution in [0.15, 0.2) is 28.9 Å². The summed E-state index contributed by atoms with van der Waals surface area (Å²) in [5.41, 5.74) is 6.29. The van der Waals surface area contributed by atoms with E-state index in [4.69, 9.17) is 10.2 Å². The van der Waals surface area contributed by atoms with E-state index in [1.165, 1.54) is 17.6 Å². The van der Waals surface area contributed by atoms with Gasteiger partial charge in [-0.3, -0.25) is 9.59 Å². The summed E-state index contributed by atoms with van der Waals surface area (Å²) in [4.78, 5) is 24.5. The maximum absolute atomic E-state index is 12.1. The van der Waals surface area contributed by atoms with E-state index in [-0.39, 0.29) is 36.0 Å². The average Bonchev–Trinajstić information content (AvgIpc) is 3.08. The SMILES string of the molecule is Cc1cc(NC(=O)c2ccco2)sc1C(=O)N[C@@H](C)CN.Cl. The van der Waals surface area contributed by atoms with E-state index in [1.54, 1.807) is 18.2 Å². The number of hydrogen-bond acceptors (Lipinski definition) is 5. The highest BCUT2D eigenvalue weighted by atomic mass is 35.5. The third kappa shape index (κ3) is 4.33. The molecule has 2 heterocycles. The van der Waals surface area contributed by atoms with Crippen molar-refractivity contribution in [3.63, 3.8) is 0 Å². The van der Waals surface area contributed by atoms with Gasteiger partial charge in [0.05, 0.1) is 16.1 Å². The average molecular weight is 344 g/mol. The van der Waals surface area contributed by atoms with E-state index in [0.29, 0.717) is 16.4 Å². The number of amides is 2. The number of aryl methyl sites for hydroxylation is 1. The summed E-state index contributed by atoms with van der Waals surface area (Å²) in [6.45, 7) is 4.03. The molecule has 2 aromatic rings. The minimum Gasteiger partial charge on any atom is -0.459 e. The molecule has 4 N–H and O–H groups in total. The van der Waals surface area contributed by atoms with Gasteiger partial charge in [0.25, 0.3) is 11.8 Å². The van der Waals surface area contributed by atoms with E-state index in [1.807, 2.05) is 13.8 Å². The zero-order valence-corrected chi connectivity index (χ0v) is 13.8. The lowest BCUT2D eigenvalue weighted by Gasteiger charge is -2.10. The topological polar surface area (TPSA) is 97.4 Å². The number of rotatable bonds is 5. The van der Waals surface area contributed by atoms with Crippen molar-refractivity contribution in [2.45, 2.75) is 19.9 Å². The summed E-state index contributed by atoms with van der Waals surface area (Å²) in [5, 5.41) is 6.10. The molecule has 2 aromatic heterocycles. The van der Waals surface area contributed by atoms with Gasteiger partial charge < -0.3 is 20.8 Å². The first-order valence-electron chi connectivity index (χ1n) is 6.47. The predicted octanol–water partition coefficient (Wildman–Crippen LogP) is 2.40. The molecule has 0 radical (unpaired) electrons. The molecule has 2 amide bonds. The third-order valence-electron chi connectivity index (χ3n) is 2.84. The Morgan fingerprint density at radius 1 is 1.41 bits per heavy atom. The minimum absolute atomic E-state index is 0. The number of thiophene rings is 1. The smallest absolute Gasteiger partial charge is 0.291 e. The molecule has 22 heavy (non-hydrogen) atoms. The Bertz CT molecular complexity index is 640. The molecule has 120 valence electrons. The van der Waals surface area contributed by atoms with Crippen LogP contribution >= 0.6 is 23.7 Å². The Morgan fingerprint density at radius 3 is 2.73 bits per heavy atom. The van der Waals surface area contributed by atoms with Crippen LogP contribution in [0, 0.1) is 6.92 Å². The number of carbonyl (C=O) groups is 2. The zero-order chi connectivity index (χ0) is 15.4. The van der Waals surface area contributed by atoms with Crippen molar-refractivity contribution >= 4 is 40.6 Å². The van der Waals surface area contributed by atoms with Gasteiger partial charge in [0.15, 0.2) is 5.76 Å². The van der Waals surface area contributed by atoms with Gasteiger partial charge in [0.1, 0.15) is 0 Å².